The Morgan fingerprint density at radius 1 is 1.08 bits per heavy atom. The highest BCUT2D eigenvalue weighted by molar-refractivity contribution is 6.03. The fourth-order valence-corrected chi connectivity index (χ4v) is 5.14. The van der Waals surface area contributed by atoms with E-state index in [0.717, 1.165) is 66.6 Å². The van der Waals surface area contributed by atoms with Crippen molar-refractivity contribution < 1.29 is 13.9 Å². The van der Waals surface area contributed by atoms with Gasteiger partial charge in [0.25, 0.3) is 0 Å². The molecule has 2 atom stereocenters. The summed E-state index contributed by atoms with van der Waals surface area (Å²) in [6, 6.07) is 8.01. The normalized spacial score (nSPS) is 21.6. The minimum atomic E-state index is 0.0173. The zero-order chi connectivity index (χ0) is 24.2. The van der Waals surface area contributed by atoms with Crippen molar-refractivity contribution in [1.82, 2.24) is 20.3 Å². The van der Waals surface area contributed by atoms with Crippen LogP contribution >= 0.6 is 0 Å². The maximum Gasteiger partial charge on any atom is 0.229 e. The highest BCUT2D eigenvalue weighted by atomic mass is 16.5. The number of amides is 1. The lowest BCUT2D eigenvalue weighted by Gasteiger charge is -2.42. The number of hydrogen-bond donors (Lipinski definition) is 3. The summed E-state index contributed by atoms with van der Waals surface area (Å²) < 4.78 is 12.2. The molecule has 3 fully saturated rings. The Labute approximate surface area is 207 Å². The van der Waals surface area contributed by atoms with E-state index in [0.29, 0.717) is 23.1 Å². The number of hydrogen-bond acceptors (Lipinski definition) is 9. The summed E-state index contributed by atoms with van der Waals surface area (Å²) in [4.78, 5) is 28.5. The number of oxazole rings is 1. The van der Waals surface area contributed by atoms with Crippen LogP contribution in [0.25, 0.3) is 33.3 Å². The van der Waals surface area contributed by atoms with Crippen LogP contribution in [-0.4, -0.2) is 66.3 Å². The van der Waals surface area contributed by atoms with Gasteiger partial charge in [-0.05, 0) is 37.1 Å². The second-order valence-electron chi connectivity index (χ2n) is 9.76. The fraction of sp³-hybridized carbons (Fsp3) is 0.385. The monoisotopic (exact) mass is 485 g/mol. The lowest BCUT2D eigenvalue weighted by atomic mass is 10.1. The van der Waals surface area contributed by atoms with Gasteiger partial charge in [0.05, 0.1) is 17.8 Å². The Bertz CT molecular complexity index is 1470. The van der Waals surface area contributed by atoms with Crippen LogP contribution in [0, 0.1) is 5.92 Å². The van der Waals surface area contributed by atoms with Crippen molar-refractivity contribution in [3.63, 3.8) is 0 Å². The van der Waals surface area contributed by atoms with Crippen LogP contribution in [0.5, 0.6) is 0 Å². The van der Waals surface area contributed by atoms with Gasteiger partial charge >= 0.3 is 0 Å². The third-order valence-corrected chi connectivity index (χ3v) is 7.15. The Hall–Kier alpha value is -3.76. The molecule has 0 radical (unpaired) electrons. The molecule has 4 aromatic rings. The second-order valence-corrected chi connectivity index (χ2v) is 9.76. The van der Waals surface area contributed by atoms with Gasteiger partial charge in [-0.25, -0.2) is 15.0 Å². The number of pyridine rings is 2. The van der Waals surface area contributed by atoms with Crippen LogP contribution in [0.15, 0.2) is 41.1 Å². The van der Waals surface area contributed by atoms with Crippen molar-refractivity contribution in [1.29, 1.82) is 0 Å². The van der Waals surface area contributed by atoms with Gasteiger partial charge in [-0.15, -0.1) is 0 Å². The number of carbonyl (C=O) groups is 1. The predicted molar refractivity (Wildman–Crippen MR) is 137 cm³/mol. The van der Waals surface area contributed by atoms with E-state index in [9.17, 15) is 4.79 Å². The van der Waals surface area contributed by atoms with Gasteiger partial charge in [0.2, 0.25) is 11.8 Å². The largest absolute Gasteiger partial charge is 0.436 e. The number of fused-ring (bicyclic) bond motifs is 4. The number of morpholine rings is 2. The highest BCUT2D eigenvalue weighted by Gasteiger charge is 2.32. The van der Waals surface area contributed by atoms with Gasteiger partial charge in [-0.1, -0.05) is 0 Å². The van der Waals surface area contributed by atoms with Crippen molar-refractivity contribution in [3.05, 3.63) is 36.7 Å². The Morgan fingerprint density at radius 2 is 1.92 bits per heavy atom. The lowest BCUT2D eigenvalue weighted by Crippen LogP contribution is -2.58. The van der Waals surface area contributed by atoms with Crippen molar-refractivity contribution in [2.45, 2.75) is 25.0 Å². The quantitative estimate of drug-likeness (QED) is 0.392. The second kappa shape index (κ2) is 8.42. The average molecular weight is 486 g/mol. The van der Waals surface area contributed by atoms with Crippen molar-refractivity contribution in [2.24, 2.45) is 5.92 Å². The molecule has 2 saturated heterocycles. The number of benzene rings is 1. The van der Waals surface area contributed by atoms with E-state index >= 15 is 0 Å². The van der Waals surface area contributed by atoms with Crippen LogP contribution in [0.4, 0.5) is 17.3 Å². The summed E-state index contributed by atoms with van der Waals surface area (Å²) >= 11 is 0. The van der Waals surface area contributed by atoms with Gasteiger partial charge < -0.3 is 30.0 Å². The third-order valence-electron chi connectivity index (χ3n) is 7.15. The summed E-state index contributed by atoms with van der Waals surface area (Å²) in [7, 11) is 1.82. The first kappa shape index (κ1) is 21.5. The van der Waals surface area contributed by atoms with Crippen molar-refractivity contribution in [3.8, 4) is 11.5 Å². The van der Waals surface area contributed by atoms with E-state index in [2.05, 4.69) is 43.0 Å². The molecule has 10 heteroatoms. The maximum atomic E-state index is 12.3. The number of anilines is 3. The standard InChI is InChI=1S/C26H27N7O3/c1-27-24-19-10-29-23(32-25(34)14-2-3-14)7-18(19)20(11-30-24)26-31-21-6-15(4-5-22(21)36-26)33-12-16-8-28-9-17(13-33)35-16/h4-7,10-11,14,16-17,28H,2-3,8-9,12-13H2,1H3,(H,27,30)(H,29,32,34). The molecule has 184 valence electrons. The molecule has 7 rings (SSSR count). The summed E-state index contributed by atoms with van der Waals surface area (Å²) in [5.74, 6) is 1.81. The number of aromatic nitrogens is 3. The third kappa shape index (κ3) is 3.82. The SMILES string of the molecule is CNc1ncc(-c2nc3cc(N4CC5CNCC(C4)O5)ccc3o2)c2cc(NC(=O)C3CC3)ncc12. The molecule has 10 nitrogen and oxygen atoms in total. The molecule has 2 unspecified atom stereocenters. The van der Waals surface area contributed by atoms with E-state index in [1.165, 1.54) is 0 Å². The molecular weight excluding hydrogens is 458 g/mol. The zero-order valence-corrected chi connectivity index (χ0v) is 20.0. The van der Waals surface area contributed by atoms with Crippen LogP contribution in [0.2, 0.25) is 0 Å². The van der Waals surface area contributed by atoms with E-state index in [-0.39, 0.29) is 24.0 Å². The molecule has 2 bridgehead atoms. The molecule has 0 spiro atoms. The Balaban J connectivity index is 1.26. The van der Waals surface area contributed by atoms with Crippen molar-refractivity contribution >= 4 is 45.1 Å². The smallest absolute Gasteiger partial charge is 0.229 e. The first-order chi connectivity index (χ1) is 17.6. The Kier molecular flexibility index (Phi) is 5.03. The molecule has 1 amide bonds. The molecule has 3 aromatic heterocycles. The van der Waals surface area contributed by atoms with Gasteiger partial charge in [-0.2, -0.15) is 0 Å². The topological polar surface area (TPSA) is 117 Å². The predicted octanol–water partition coefficient (Wildman–Crippen LogP) is 3.01. The van der Waals surface area contributed by atoms with Crippen LogP contribution in [0.3, 0.4) is 0 Å². The molecule has 3 N–H and O–H groups in total. The molecule has 2 aliphatic heterocycles. The summed E-state index contributed by atoms with van der Waals surface area (Å²) in [5.41, 5.74) is 3.37. The average Bonchev–Trinajstić information content (AvgIpc) is 3.66. The molecule has 1 aliphatic carbocycles. The van der Waals surface area contributed by atoms with E-state index in [1.54, 1.807) is 12.4 Å². The molecule has 1 aromatic carbocycles. The van der Waals surface area contributed by atoms with Gasteiger partial charge in [0, 0.05) is 68.0 Å². The molecule has 36 heavy (non-hydrogen) atoms. The zero-order valence-electron chi connectivity index (χ0n) is 20.0. The Morgan fingerprint density at radius 3 is 2.69 bits per heavy atom. The number of rotatable bonds is 5. The molecule has 5 heterocycles. The number of nitrogens with one attached hydrogen (secondary N) is 3. The number of ether oxygens (including phenoxy) is 1. The maximum absolute atomic E-state index is 12.3. The summed E-state index contributed by atoms with van der Waals surface area (Å²) in [5, 5.41) is 11.2. The number of nitrogens with zero attached hydrogens (tertiary/aromatic N) is 4. The lowest BCUT2D eigenvalue weighted by molar-refractivity contribution is -0.117. The highest BCUT2D eigenvalue weighted by Crippen LogP contribution is 2.36. The van der Waals surface area contributed by atoms with Gasteiger partial charge in [-0.3, -0.25) is 4.79 Å². The van der Waals surface area contributed by atoms with Crippen LogP contribution < -0.4 is 20.9 Å². The van der Waals surface area contributed by atoms with E-state index in [4.69, 9.17) is 14.1 Å². The first-order valence-electron chi connectivity index (χ1n) is 12.4. The van der Waals surface area contributed by atoms with Crippen LogP contribution in [-0.2, 0) is 9.53 Å². The molecule has 3 aliphatic rings. The van der Waals surface area contributed by atoms with Crippen molar-refractivity contribution in [2.75, 3.05) is 48.8 Å². The summed E-state index contributed by atoms with van der Waals surface area (Å²) in [6.45, 7) is 3.46. The van der Waals surface area contributed by atoms with Gasteiger partial charge in [0.1, 0.15) is 17.2 Å². The first-order valence-corrected chi connectivity index (χ1v) is 12.4. The molecular formula is C26H27N7O3. The summed E-state index contributed by atoms with van der Waals surface area (Å²) in [6.07, 6.45) is 5.76. The van der Waals surface area contributed by atoms with Gasteiger partial charge in [0.15, 0.2) is 5.58 Å². The fourth-order valence-electron chi connectivity index (χ4n) is 5.14. The number of carbonyl (C=O) groups excluding carboxylic acids is 1. The van der Waals surface area contributed by atoms with Crippen LogP contribution in [0.1, 0.15) is 12.8 Å². The van der Waals surface area contributed by atoms with E-state index < -0.39 is 0 Å². The minimum absolute atomic E-state index is 0.0173. The van der Waals surface area contributed by atoms with E-state index in [1.807, 2.05) is 19.2 Å². The minimum Gasteiger partial charge on any atom is -0.436 e. The molecule has 1 saturated carbocycles.